The summed E-state index contributed by atoms with van der Waals surface area (Å²) in [7, 11) is 0. The topological polar surface area (TPSA) is 46.5 Å². The van der Waals surface area contributed by atoms with Gasteiger partial charge in [-0.3, -0.25) is 0 Å². The Morgan fingerprint density at radius 2 is 1.86 bits per heavy atom. The number of hydrogen-bond donors (Lipinski definition) is 1. The molecule has 114 valence electrons. The van der Waals surface area contributed by atoms with Crippen LogP contribution in [0.25, 0.3) is 6.08 Å². The van der Waals surface area contributed by atoms with Crippen LogP contribution in [0, 0.1) is 0 Å². The van der Waals surface area contributed by atoms with Gasteiger partial charge in [0.15, 0.2) is 6.10 Å². The molecule has 0 bridgehead atoms. The molecule has 0 radical (unpaired) electrons. The third kappa shape index (κ3) is 3.06. The van der Waals surface area contributed by atoms with Gasteiger partial charge in [0.1, 0.15) is 5.75 Å². The number of alkyl halides is 2. The summed E-state index contributed by atoms with van der Waals surface area (Å²) in [6, 6.07) is 5.24. The fourth-order valence-electron chi connectivity index (χ4n) is 2.21. The average Bonchev–Trinajstić information content (AvgIpc) is 2.34. The number of halogens is 2. The first-order valence-corrected chi connectivity index (χ1v) is 6.64. The van der Waals surface area contributed by atoms with Gasteiger partial charge in [-0.2, -0.15) is 0 Å². The molecule has 0 fully saturated rings. The number of rotatable bonds is 2. The minimum Gasteiger partial charge on any atom is -0.478 e. The molecule has 0 saturated heterocycles. The molecule has 21 heavy (non-hydrogen) atoms. The third-order valence-electron chi connectivity index (χ3n) is 3.43. The van der Waals surface area contributed by atoms with Crippen molar-refractivity contribution in [2.24, 2.45) is 0 Å². The largest absolute Gasteiger partial charge is 0.478 e. The van der Waals surface area contributed by atoms with Crippen molar-refractivity contribution in [2.45, 2.75) is 45.1 Å². The van der Waals surface area contributed by atoms with E-state index in [4.69, 9.17) is 9.84 Å². The Kier molecular flexibility index (Phi) is 3.56. The van der Waals surface area contributed by atoms with E-state index >= 15 is 0 Å². The van der Waals surface area contributed by atoms with Crippen molar-refractivity contribution < 1.29 is 23.4 Å². The van der Waals surface area contributed by atoms with Crippen LogP contribution in [0.1, 0.15) is 38.8 Å². The zero-order valence-electron chi connectivity index (χ0n) is 12.4. The van der Waals surface area contributed by atoms with Crippen LogP contribution in [0.2, 0.25) is 0 Å². The third-order valence-corrected chi connectivity index (χ3v) is 3.43. The van der Waals surface area contributed by atoms with E-state index < -0.39 is 23.6 Å². The van der Waals surface area contributed by atoms with Gasteiger partial charge in [0, 0.05) is 12.5 Å². The number of benzene rings is 1. The molecule has 1 aliphatic rings. The molecule has 3 nitrogen and oxygen atoms in total. The highest BCUT2D eigenvalue weighted by Gasteiger charge is 2.44. The van der Waals surface area contributed by atoms with E-state index in [1.807, 2.05) is 26.8 Å². The molecule has 5 heteroatoms. The number of hydrogen-bond acceptors (Lipinski definition) is 2. The van der Waals surface area contributed by atoms with Gasteiger partial charge in [-0.1, -0.05) is 32.9 Å². The molecule has 1 heterocycles. The van der Waals surface area contributed by atoms with E-state index in [9.17, 15) is 13.6 Å². The van der Waals surface area contributed by atoms with Crippen molar-refractivity contribution >= 4 is 12.0 Å². The molecular formula is C16H18F2O3. The summed E-state index contributed by atoms with van der Waals surface area (Å²) in [4.78, 5) is 11.2. The molecule has 0 aliphatic carbocycles. The van der Waals surface area contributed by atoms with Crippen LogP contribution in [-0.4, -0.2) is 23.1 Å². The first-order valence-electron chi connectivity index (χ1n) is 6.64. The molecule has 1 aromatic rings. The Labute approximate surface area is 122 Å². The van der Waals surface area contributed by atoms with Crippen molar-refractivity contribution in [3.8, 4) is 5.75 Å². The molecule has 1 N–H and O–H groups in total. The van der Waals surface area contributed by atoms with E-state index in [0.717, 1.165) is 5.56 Å². The first-order chi connectivity index (χ1) is 9.50. The first kappa shape index (κ1) is 15.5. The van der Waals surface area contributed by atoms with E-state index in [0.29, 0.717) is 18.2 Å². The van der Waals surface area contributed by atoms with E-state index in [1.54, 1.807) is 12.1 Å². The summed E-state index contributed by atoms with van der Waals surface area (Å²) in [5, 5.41) is 9.10. The van der Waals surface area contributed by atoms with E-state index in [1.165, 1.54) is 6.08 Å². The predicted octanol–water partition coefficient (Wildman–Crippen LogP) is 3.87. The Hall–Kier alpha value is -1.91. The lowest BCUT2D eigenvalue weighted by atomic mass is 9.85. The second kappa shape index (κ2) is 4.83. The predicted molar refractivity (Wildman–Crippen MR) is 75.8 cm³/mol. The monoisotopic (exact) mass is 296 g/mol. The highest BCUT2D eigenvalue weighted by Crippen LogP contribution is 2.38. The molecule has 1 aromatic carbocycles. The summed E-state index contributed by atoms with van der Waals surface area (Å²) in [6.45, 7) is 6.67. The van der Waals surface area contributed by atoms with Gasteiger partial charge < -0.3 is 9.84 Å². The molecule has 1 unspecified atom stereocenters. The van der Waals surface area contributed by atoms with Crippen LogP contribution < -0.4 is 4.74 Å². The van der Waals surface area contributed by atoms with Gasteiger partial charge in [0.05, 0.1) is 5.57 Å². The second-order valence-corrected chi connectivity index (χ2v) is 6.36. The zero-order valence-corrected chi connectivity index (χ0v) is 12.4. The van der Waals surface area contributed by atoms with Gasteiger partial charge in [0.25, 0.3) is 5.92 Å². The van der Waals surface area contributed by atoms with Crippen LogP contribution in [0.5, 0.6) is 5.75 Å². The normalized spacial score (nSPS) is 18.6. The number of carboxylic acid groups (broad SMARTS) is 1. The lowest BCUT2D eigenvalue weighted by Gasteiger charge is -2.30. The van der Waals surface area contributed by atoms with Gasteiger partial charge in [-0.25, -0.2) is 13.6 Å². The minimum absolute atomic E-state index is 0.153. The van der Waals surface area contributed by atoms with Crippen molar-refractivity contribution in [3.63, 3.8) is 0 Å². The minimum atomic E-state index is -3.28. The Balaban J connectivity index is 2.53. The maximum atomic E-state index is 13.6. The zero-order chi connectivity index (χ0) is 16.0. The SMILES string of the molecule is CC(C)(C)c1ccc2c(c1)OC(C(C)(F)F)C(C(=O)O)=C2. The maximum Gasteiger partial charge on any atom is 0.335 e. The van der Waals surface area contributed by atoms with E-state index in [-0.39, 0.29) is 5.41 Å². The summed E-state index contributed by atoms with van der Waals surface area (Å²) >= 11 is 0. The van der Waals surface area contributed by atoms with Gasteiger partial charge in [-0.05, 0) is 23.1 Å². The lowest BCUT2D eigenvalue weighted by Crippen LogP contribution is -2.41. The highest BCUT2D eigenvalue weighted by atomic mass is 19.3. The number of carbonyl (C=O) groups is 1. The van der Waals surface area contributed by atoms with Crippen LogP contribution >= 0.6 is 0 Å². The highest BCUT2D eigenvalue weighted by molar-refractivity contribution is 5.95. The number of fused-ring (bicyclic) bond motifs is 1. The lowest BCUT2D eigenvalue weighted by molar-refractivity contribution is -0.137. The molecule has 0 spiro atoms. The molecule has 0 saturated carbocycles. The number of aliphatic carboxylic acids is 1. The Morgan fingerprint density at radius 3 is 2.33 bits per heavy atom. The van der Waals surface area contributed by atoms with Crippen molar-refractivity contribution in [3.05, 3.63) is 34.9 Å². The number of ether oxygens (including phenoxy) is 1. The molecule has 0 aromatic heterocycles. The summed E-state index contributed by atoms with van der Waals surface area (Å²) in [5.74, 6) is -4.38. The quantitative estimate of drug-likeness (QED) is 0.901. The van der Waals surface area contributed by atoms with Gasteiger partial charge in [0.2, 0.25) is 0 Å². The summed E-state index contributed by atoms with van der Waals surface area (Å²) in [6.07, 6.45) is -0.520. The van der Waals surface area contributed by atoms with Crippen LogP contribution in [0.15, 0.2) is 23.8 Å². The van der Waals surface area contributed by atoms with Crippen LogP contribution in [0.3, 0.4) is 0 Å². The van der Waals surface area contributed by atoms with Crippen molar-refractivity contribution in [1.29, 1.82) is 0 Å². The maximum absolute atomic E-state index is 13.6. The second-order valence-electron chi connectivity index (χ2n) is 6.36. The van der Waals surface area contributed by atoms with Crippen molar-refractivity contribution in [1.82, 2.24) is 0 Å². The van der Waals surface area contributed by atoms with Crippen molar-refractivity contribution in [2.75, 3.05) is 0 Å². The fourth-order valence-corrected chi connectivity index (χ4v) is 2.21. The average molecular weight is 296 g/mol. The molecule has 0 amide bonds. The van der Waals surface area contributed by atoms with E-state index in [2.05, 4.69) is 0 Å². The summed E-state index contributed by atoms with van der Waals surface area (Å²) in [5.41, 5.74) is 0.852. The number of carboxylic acids is 1. The van der Waals surface area contributed by atoms with Crippen LogP contribution in [-0.2, 0) is 10.2 Å². The fraction of sp³-hybridized carbons (Fsp3) is 0.438. The smallest absolute Gasteiger partial charge is 0.335 e. The summed E-state index contributed by atoms with van der Waals surface area (Å²) < 4.78 is 32.5. The molecule has 1 aliphatic heterocycles. The Morgan fingerprint density at radius 1 is 1.24 bits per heavy atom. The van der Waals surface area contributed by atoms with Crippen LogP contribution in [0.4, 0.5) is 8.78 Å². The van der Waals surface area contributed by atoms with Gasteiger partial charge in [-0.15, -0.1) is 0 Å². The molecule has 1 atom stereocenters. The standard InChI is InChI=1S/C16H18F2O3/c1-15(2,3)10-6-5-9-7-11(14(19)20)13(16(4,17)18)21-12(9)8-10/h5-8,13H,1-4H3,(H,19,20). The Bertz CT molecular complexity index is 607. The molecular weight excluding hydrogens is 278 g/mol. The van der Waals surface area contributed by atoms with Gasteiger partial charge >= 0.3 is 5.97 Å². The molecule has 2 rings (SSSR count).